The first-order valence-electron chi connectivity index (χ1n) is 7.08. The van der Waals surface area contributed by atoms with Crippen LogP contribution in [0.3, 0.4) is 0 Å². The fourth-order valence-electron chi connectivity index (χ4n) is 2.64. The summed E-state index contributed by atoms with van der Waals surface area (Å²) < 4.78 is 5.16. The highest BCUT2D eigenvalue weighted by atomic mass is 16.7. The topological polar surface area (TPSA) is 55.8 Å². The van der Waals surface area contributed by atoms with Crippen LogP contribution in [0.5, 0.6) is 0 Å². The predicted octanol–water partition coefficient (Wildman–Crippen LogP) is 2.10. The molecule has 0 aliphatic carbocycles. The van der Waals surface area contributed by atoms with Gasteiger partial charge in [-0.2, -0.15) is 5.06 Å². The second-order valence-corrected chi connectivity index (χ2v) is 5.72. The average molecular weight is 291 g/mol. The maximum Gasteiger partial charge on any atom is 0.328 e. The molecule has 1 fully saturated rings. The third-order valence-electron chi connectivity index (χ3n) is 3.70. The van der Waals surface area contributed by atoms with E-state index < -0.39 is 11.1 Å². The number of benzene rings is 1. The molecule has 0 saturated carbocycles. The van der Waals surface area contributed by atoms with Crippen molar-refractivity contribution in [2.75, 3.05) is 6.61 Å². The molecule has 2 atom stereocenters. The van der Waals surface area contributed by atoms with Crippen molar-refractivity contribution < 1.29 is 19.2 Å². The van der Waals surface area contributed by atoms with E-state index in [0.717, 1.165) is 11.8 Å². The molecule has 5 nitrogen and oxygen atoms in total. The summed E-state index contributed by atoms with van der Waals surface area (Å²) in [5.41, 5.74) is -0.971. The molecule has 0 unspecified atom stereocenters. The van der Waals surface area contributed by atoms with E-state index in [1.54, 1.807) is 25.8 Å². The Morgan fingerprint density at radius 1 is 1.38 bits per heavy atom. The van der Waals surface area contributed by atoms with Gasteiger partial charge >= 0.3 is 5.97 Å². The number of rotatable bonds is 5. The predicted molar refractivity (Wildman–Crippen MR) is 77.2 cm³/mol. The Hall–Kier alpha value is -1.72. The van der Waals surface area contributed by atoms with Crippen LogP contribution in [0.4, 0.5) is 0 Å². The van der Waals surface area contributed by atoms with Crippen LogP contribution in [0.1, 0.15) is 32.8 Å². The van der Waals surface area contributed by atoms with E-state index in [2.05, 4.69) is 0 Å². The molecule has 0 amide bonds. The highest BCUT2D eigenvalue weighted by Gasteiger charge is 2.55. The van der Waals surface area contributed by atoms with E-state index in [-0.39, 0.29) is 12.4 Å². The molecule has 2 rings (SSSR count). The van der Waals surface area contributed by atoms with Crippen molar-refractivity contribution in [1.29, 1.82) is 0 Å². The minimum atomic E-state index is -1.00. The van der Waals surface area contributed by atoms with E-state index >= 15 is 0 Å². The van der Waals surface area contributed by atoms with Gasteiger partial charge < -0.3 is 9.53 Å². The number of hydrogen-bond acceptors (Lipinski definition) is 5. The van der Waals surface area contributed by atoms with Gasteiger partial charge in [-0.05, 0) is 26.3 Å². The molecule has 1 aromatic carbocycles. The van der Waals surface area contributed by atoms with Gasteiger partial charge in [0.2, 0.25) is 0 Å². The minimum Gasteiger partial charge on any atom is -0.465 e. The van der Waals surface area contributed by atoms with Crippen molar-refractivity contribution in [2.45, 2.75) is 44.9 Å². The monoisotopic (exact) mass is 291 g/mol. The Morgan fingerprint density at radius 2 is 2.05 bits per heavy atom. The zero-order valence-corrected chi connectivity index (χ0v) is 12.7. The van der Waals surface area contributed by atoms with E-state index in [1.807, 2.05) is 30.3 Å². The minimum absolute atomic E-state index is 0.273. The molecular weight excluding hydrogens is 270 g/mol. The lowest BCUT2D eigenvalue weighted by atomic mass is 9.89. The van der Waals surface area contributed by atoms with Crippen LogP contribution in [-0.4, -0.2) is 35.1 Å². The lowest BCUT2D eigenvalue weighted by Gasteiger charge is -2.30. The summed E-state index contributed by atoms with van der Waals surface area (Å²) >= 11 is 0. The van der Waals surface area contributed by atoms with Crippen molar-refractivity contribution in [3.8, 4) is 0 Å². The van der Waals surface area contributed by atoms with Gasteiger partial charge in [-0.15, -0.1) is 0 Å². The van der Waals surface area contributed by atoms with Crippen molar-refractivity contribution in [1.82, 2.24) is 5.06 Å². The largest absolute Gasteiger partial charge is 0.465 e. The SMILES string of the molecule is CCOC(=O)[C@@]1(C)C[C@](C)(C=O)ON1Cc1ccccc1. The van der Waals surface area contributed by atoms with Gasteiger partial charge in [0.15, 0.2) is 6.29 Å². The zero-order valence-electron chi connectivity index (χ0n) is 12.7. The quantitative estimate of drug-likeness (QED) is 0.614. The van der Waals surface area contributed by atoms with Crippen molar-refractivity contribution in [3.05, 3.63) is 35.9 Å². The smallest absolute Gasteiger partial charge is 0.328 e. The molecule has 1 aliphatic rings. The molecule has 5 heteroatoms. The van der Waals surface area contributed by atoms with Crippen molar-refractivity contribution in [3.63, 3.8) is 0 Å². The van der Waals surface area contributed by atoms with Crippen LogP contribution >= 0.6 is 0 Å². The van der Waals surface area contributed by atoms with Crippen LogP contribution in [0, 0.1) is 0 Å². The normalized spacial score (nSPS) is 29.3. The van der Waals surface area contributed by atoms with Crippen LogP contribution in [0.25, 0.3) is 0 Å². The molecule has 0 aromatic heterocycles. The first-order chi connectivity index (χ1) is 9.93. The molecule has 1 aromatic rings. The van der Waals surface area contributed by atoms with E-state index in [9.17, 15) is 9.59 Å². The Balaban J connectivity index is 2.26. The molecule has 0 N–H and O–H groups in total. The van der Waals surface area contributed by atoms with Gasteiger partial charge in [0.1, 0.15) is 11.1 Å². The number of hydroxylamine groups is 2. The average Bonchev–Trinajstić information content (AvgIpc) is 2.73. The highest BCUT2D eigenvalue weighted by molar-refractivity contribution is 5.82. The van der Waals surface area contributed by atoms with Gasteiger partial charge in [0, 0.05) is 6.42 Å². The molecule has 21 heavy (non-hydrogen) atoms. The van der Waals surface area contributed by atoms with Crippen molar-refractivity contribution in [2.24, 2.45) is 0 Å². The molecule has 1 saturated heterocycles. The Kier molecular flexibility index (Phi) is 4.44. The molecule has 0 spiro atoms. The third-order valence-corrected chi connectivity index (χ3v) is 3.70. The summed E-state index contributed by atoms with van der Waals surface area (Å²) in [6.07, 6.45) is 1.02. The molecule has 114 valence electrons. The number of carbonyl (C=O) groups is 2. The van der Waals surface area contributed by atoms with Crippen LogP contribution in [0.2, 0.25) is 0 Å². The van der Waals surface area contributed by atoms with Crippen LogP contribution in [-0.2, 0) is 25.7 Å². The van der Waals surface area contributed by atoms with Gasteiger partial charge in [0.25, 0.3) is 0 Å². The maximum absolute atomic E-state index is 12.3. The van der Waals surface area contributed by atoms with Gasteiger partial charge in [-0.25, -0.2) is 4.79 Å². The second-order valence-electron chi connectivity index (χ2n) is 5.72. The van der Waals surface area contributed by atoms with E-state index in [1.165, 1.54) is 0 Å². The standard InChI is InChI=1S/C16H21NO4/c1-4-20-14(19)16(3)11-15(2,12-18)21-17(16)10-13-8-6-5-7-9-13/h5-9,12H,4,10-11H2,1-3H3/t15-,16-/m1/s1. The summed E-state index contributed by atoms with van der Waals surface area (Å²) in [5.74, 6) is -0.369. The summed E-state index contributed by atoms with van der Waals surface area (Å²) in [6.45, 7) is 5.91. The van der Waals surface area contributed by atoms with E-state index in [0.29, 0.717) is 13.2 Å². The number of ether oxygens (including phenoxy) is 1. The third kappa shape index (κ3) is 3.14. The first-order valence-corrected chi connectivity index (χ1v) is 7.08. The lowest BCUT2D eigenvalue weighted by molar-refractivity contribution is -0.221. The Bertz CT molecular complexity index is 518. The molecule has 0 bridgehead atoms. The summed E-state index contributed by atoms with van der Waals surface area (Å²) in [5, 5.41) is 1.56. The lowest BCUT2D eigenvalue weighted by Crippen LogP contribution is -2.48. The van der Waals surface area contributed by atoms with Crippen LogP contribution < -0.4 is 0 Å². The summed E-state index contributed by atoms with van der Waals surface area (Å²) in [7, 11) is 0. The number of carbonyl (C=O) groups excluding carboxylic acids is 2. The summed E-state index contributed by atoms with van der Waals surface area (Å²) in [4.78, 5) is 29.4. The van der Waals surface area contributed by atoms with Gasteiger partial charge in [-0.3, -0.25) is 4.84 Å². The Morgan fingerprint density at radius 3 is 2.62 bits per heavy atom. The number of aldehydes is 1. The summed E-state index contributed by atoms with van der Waals surface area (Å²) in [6, 6.07) is 9.67. The molecule has 0 radical (unpaired) electrons. The van der Waals surface area contributed by atoms with Crippen LogP contribution in [0.15, 0.2) is 30.3 Å². The van der Waals surface area contributed by atoms with Gasteiger partial charge in [0.05, 0.1) is 13.2 Å². The Labute approximate surface area is 124 Å². The fourth-order valence-corrected chi connectivity index (χ4v) is 2.64. The molecule has 1 heterocycles. The number of esters is 1. The zero-order chi connectivity index (χ0) is 15.5. The maximum atomic E-state index is 12.3. The first kappa shape index (κ1) is 15.7. The number of nitrogens with zero attached hydrogens (tertiary/aromatic N) is 1. The van der Waals surface area contributed by atoms with E-state index in [4.69, 9.17) is 9.57 Å². The van der Waals surface area contributed by atoms with Gasteiger partial charge in [-0.1, -0.05) is 30.3 Å². The molecule has 1 aliphatic heterocycles. The highest BCUT2D eigenvalue weighted by Crippen LogP contribution is 2.39. The van der Waals surface area contributed by atoms with Crippen molar-refractivity contribution >= 4 is 12.3 Å². The molecular formula is C16H21NO4. The fraction of sp³-hybridized carbons (Fsp3) is 0.500. The number of hydrogen-bond donors (Lipinski definition) is 0. The second kappa shape index (κ2) is 5.95.